The van der Waals surface area contributed by atoms with Crippen molar-refractivity contribution >= 4 is 0 Å². The van der Waals surface area contributed by atoms with E-state index < -0.39 is 0 Å². The SMILES string of the molecule is CC(C)Cn1ncnc1CC(NN)C1C(C)OC(C)C1C. The Balaban J connectivity index is 2.11. The Morgan fingerprint density at radius 2 is 2.05 bits per heavy atom. The van der Waals surface area contributed by atoms with Gasteiger partial charge in [-0.15, -0.1) is 0 Å². The van der Waals surface area contributed by atoms with Gasteiger partial charge in [-0.1, -0.05) is 20.8 Å². The predicted molar refractivity (Wildman–Crippen MR) is 82.3 cm³/mol. The summed E-state index contributed by atoms with van der Waals surface area (Å²) in [7, 11) is 0. The molecule has 5 atom stereocenters. The number of hydrazine groups is 1. The molecule has 6 heteroatoms. The third-order valence-electron chi connectivity index (χ3n) is 4.63. The smallest absolute Gasteiger partial charge is 0.138 e. The molecule has 2 rings (SSSR count). The monoisotopic (exact) mass is 295 g/mol. The molecule has 0 amide bonds. The maximum atomic E-state index is 5.94. The third kappa shape index (κ3) is 3.62. The molecule has 2 heterocycles. The van der Waals surface area contributed by atoms with Gasteiger partial charge in [0.25, 0.3) is 0 Å². The second-order valence-corrected chi connectivity index (χ2v) is 6.71. The van der Waals surface area contributed by atoms with E-state index in [1.807, 2.05) is 4.68 Å². The van der Waals surface area contributed by atoms with E-state index in [-0.39, 0.29) is 18.2 Å². The minimum Gasteiger partial charge on any atom is -0.375 e. The number of nitrogens with one attached hydrogen (secondary N) is 1. The molecule has 1 aliphatic heterocycles. The molecule has 1 saturated heterocycles. The van der Waals surface area contributed by atoms with Crippen molar-refractivity contribution in [2.24, 2.45) is 23.6 Å². The van der Waals surface area contributed by atoms with Crippen LogP contribution in [0.15, 0.2) is 6.33 Å². The third-order valence-corrected chi connectivity index (χ3v) is 4.63. The summed E-state index contributed by atoms with van der Waals surface area (Å²) in [4.78, 5) is 4.41. The number of nitrogens with zero attached hydrogens (tertiary/aromatic N) is 3. The second-order valence-electron chi connectivity index (χ2n) is 6.71. The van der Waals surface area contributed by atoms with Gasteiger partial charge >= 0.3 is 0 Å². The van der Waals surface area contributed by atoms with Gasteiger partial charge in [0, 0.05) is 24.9 Å². The van der Waals surface area contributed by atoms with E-state index in [1.165, 1.54) is 0 Å². The predicted octanol–water partition coefficient (Wildman–Crippen LogP) is 1.37. The Kier molecular flexibility index (Phi) is 5.35. The number of ether oxygens (including phenoxy) is 1. The zero-order valence-corrected chi connectivity index (χ0v) is 13.8. The molecular weight excluding hydrogens is 266 g/mol. The summed E-state index contributed by atoms with van der Waals surface area (Å²) in [6, 6.07) is 0.148. The molecule has 1 fully saturated rings. The number of aromatic nitrogens is 3. The molecule has 0 saturated carbocycles. The molecule has 1 aliphatic rings. The van der Waals surface area contributed by atoms with Crippen LogP contribution in [0.3, 0.4) is 0 Å². The minimum atomic E-state index is 0.148. The van der Waals surface area contributed by atoms with Crippen LogP contribution < -0.4 is 11.3 Å². The molecule has 6 nitrogen and oxygen atoms in total. The van der Waals surface area contributed by atoms with Crippen LogP contribution in [0.25, 0.3) is 0 Å². The fourth-order valence-electron chi connectivity index (χ4n) is 3.43. The van der Waals surface area contributed by atoms with Crippen LogP contribution in [0.1, 0.15) is 40.4 Å². The first kappa shape index (κ1) is 16.4. The normalized spacial score (nSPS) is 31.0. The van der Waals surface area contributed by atoms with Gasteiger partial charge in [0.1, 0.15) is 12.2 Å². The lowest BCUT2D eigenvalue weighted by Gasteiger charge is -2.28. The zero-order valence-electron chi connectivity index (χ0n) is 13.8. The van der Waals surface area contributed by atoms with Crippen molar-refractivity contribution in [1.82, 2.24) is 20.2 Å². The Labute approximate surface area is 127 Å². The number of hydrogen-bond acceptors (Lipinski definition) is 5. The van der Waals surface area contributed by atoms with Crippen molar-refractivity contribution in [3.05, 3.63) is 12.2 Å². The van der Waals surface area contributed by atoms with Crippen molar-refractivity contribution in [3.63, 3.8) is 0 Å². The van der Waals surface area contributed by atoms with E-state index in [0.717, 1.165) is 18.8 Å². The van der Waals surface area contributed by atoms with Gasteiger partial charge in [0.15, 0.2) is 0 Å². The van der Waals surface area contributed by atoms with Crippen molar-refractivity contribution in [3.8, 4) is 0 Å². The molecule has 3 N–H and O–H groups in total. The highest BCUT2D eigenvalue weighted by atomic mass is 16.5. The van der Waals surface area contributed by atoms with Gasteiger partial charge in [-0.05, 0) is 25.7 Å². The van der Waals surface area contributed by atoms with Crippen molar-refractivity contribution in [1.29, 1.82) is 0 Å². The Hall–Kier alpha value is -0.980. The van der Waals surface area contributed by atoms with Crippen molar-refractivity contribution in [2.45, 2.75) is 65.8 Å². The van der Waals surface area contributed by atoms with Gasteiger partial charge in [-0.2, -0.15) is 5.10 Å². The number of hydrogen-bond donors (Lipinski definition) is 2. The molecule has 5 unspecified atom stereocenters. The summed E-state index contributed by atoms with van der Waals surface area (Å²) >= 11 is 0. The first-order valence-corrected chi connectivity index (χ1v) is 7.92. The molecule has 0 aliphatic carbocycles. The average molecular weight is 295 g/mol. The molecule has 120 valence electrons. The molecule has 1 aromatic heterocycles. The average Bonchev–Trinajstić information content (AvgIpc) is 2.93. The molecule has 1 aromatic rings. The topological polar surface area (TPSA) is 78.0 Å². The summed E-state index contributed by atoms with van der Waals surface area (Å²) in [6.45, 7) is 11.8. The Morgan fingerprint density at radius 3 is 2.57 bits per heavy atom. The molecule has 21 heavy (non-hydrogen) atoms. The fraction of sp³-hybridized carbons (Fsp3) is 0.867. The summed E-state index contributed by atoms with van der Waals surface area (Å²) in [6.07, 6.45) is 2.89. The van der Waals surface area contributed by atoms with Crippen LogP contribution in [-0.2, 0) is 17.7 Å². The Morgan fingerprint density at radius 1 is 1.33 bits per heavy atom. The van der Waals surface area contributed by atoms with Gasteiger partial charge < -0.3 is 4.74 Å². The maximum absolute atomic E-state index is 5.94. The standard InChI is InChI=1S/C15H29N5O/c1-9(2)7-20-14(17-8-18-20)6-13(19-16)15-10(3)11(4)21-12(15)5/h8-13,15,19H,6-7,16H2,1-5H3. The van der Waals surface area contributed by atoms with Gasteiger partial charge in [-0.25, -0.2) is 9.67 Å². The van der Waals surface area contributed by atoms with E-state index >= 15 is 0 Å². The Bertz CT molecular complexity index is 447. The maximum Gasteiger partial charge on any atom is 0.138 e. The van der Waals surface area contributed by atoms with Crippen LogP contribution in [0.4, 0.5) is 0 Å². The second kappa shape index (κ2) is 6.85. The van der Waals surface area contributed by atoms with Crippen LogP contribution in [0.2, 0.25) is 0 Å². The van der Waals surface area contributed by atoms with E-state index in [9.17, 15) is 0 Å². The van der Waals surface area contributed by atoms with E-state index in [2.05, 4.69) is 50.1 Å². The summed E-state index contributed by atoms with van der Waals surface area (Å²) in [5.74, 6) is 8.22. The van der Waals surface area contributed by atoms with Crippen molar-refractivity contribution < 1.29 is 4.74 Å². The van der Waals surface area contributed by atoms with Crippen LogP contribution in [0.5, 0.6) is 0 Å². The van der Waals surface area contributed by atoms with Gasteiger partial charge in [-0.3, -0.25) is 11.3 Å². The molecular formula is C15H29N5O. The summed E-state index contributed by atoms with van der Waals surface area (Å²) in [5.41, 5.74) is 2.98. The molecule has 0 bridgehead atoms. The lowest BCUT2D eigenvalue weighted by Crippen LogP contribution is -2.47. The fourth-order valence-corrected chi connectivity index (χ4v) is 3.43. The molecule has 0 spiro atoms. The summed E-state index contributed by atoms with van der Waals surface area (Å²) < 4.78 is 7.93. The molecule has 0 radical (unpaired) electrons. The lowest BCUT2D eigenvalue weighted by atomic mass is 9.82. The van der Waals surface area contributed by atoms with E-state index in [0.29, 0.717) is 17.8 Å². The number of rotatable bonds is 6. The largest absolute Gasteiger partial charge is 0.375 e. The van der Waals surface area contributed by atoms with E-state index in [4.69, 9.17) is 10.6 Å². The first-order chi connectivity index (χ1) is 9.93. The minimum absolute atomic E-state index is 0.148. The molecule has 0 aromatic carbocycles. The van der Waals surface area contributed by atoms with Gasteiger partial charge in [0.05, 0.1) is 12.2 Å². The summed E-state index contributed by atoms with van der Waals surface area (Å²) in [5, 5.41) is 4.33. The van der Waals surface area contributed by atoms with E-state index in [1.54, 1.807) is 6.33 Å². The first-order valence-electron chi connectivity index (χ1n) is 7.92. The highest BCUT2D eigenvalue weighted by Gasteiger charge is 2.41. The zero-order chi connectivity index (χ0) is 15.6. The van der Waals surface area contributed by atoms with Crippen LogP contribution >= 0.6 is 0 Å². The highest BCUT2D eigenvalue weighted by molar-refractivity contribution is 4.97. The quantitative estimate of drug-likeness (QED) is 0.612. The number of nitrogens with two attached hydrogens (primary N) is 1. The van der Waals surface area contributed by atoms with Crippen molar-refractivity contribution in [2.75, 3.05) is 0 Å². The highest BCUT2D eigenvalue weighted by Crippen LogP contribution is 2.35. The van der Waals surface area contributed by atoms with Crippen LogP contribution in [-0.4, -0.2) is 33.0 Å². The lowest BCUT2D eigenvalue weighted by molar-refractivity contribution is 0.0474. The van der Waals surface area contributed by atoms with Gasteiger partial charge in [0.2, 0.25) is 0 Å². The van der Waals surface area contributed by atoms with Crippen LogP contribution in [0, 0.1) is 17.8 Å².